The first kappa shape index (κ1) is 19.0. The molecule has 9 heteroatoms. The molecule has 2 aromatic heterocycles. The van der Waals surface area contributed by atoms with Gasteiger partial charge in [-0.2, -0.15) is 10.1 Å². The number of aryl methyl sites for hydroxylation is 2. The zero-order valence-corrected chi connectivity index (χ0v) is 16.5. The topological polar surface area (TPSA) is 53.3 Å². The summed E-state index contributed by atoms with van der Waals surface area (Å²) in [6.45, 7) is 7.81. The van der Waals surface area contributed by atoms with Crippen molar-refractivity contribution in [3.63, 3.8) is 0 Å². The molecule has 2 fully saturated rings. The summed E-state index contributed by atoms with van der Waals surface area (Å²) in [5, 5.41) is 3.90. The average molecular weight is 391 g/mol. The minimum atomic E-state index is -2.54. The van der Waals surface area contributed by atoms with Crippen LogP contribution in [-0.4, -0.2) is 63.9 Å². The van der Waals surface area contributed by atoms with E-state index >= 15 is 0 Å². The van der Waals surface area contributed by atoms with Crippen LogP contribution in [0.5, 0.6) is 0 Å². The summed E-state index contributed by atoms with van der Waals surface area (Å²) in [5.74, 6) is 1.79. The Morgan fingerprint density at radius 3 is 2.39 bits per heavy atom. The van der Waals surface area contributed by atoms with Gasteiger partial charge in [-0.05, 0) is 19.8 Å². The maximum atomic E-state index is 13.2. The predicted molar refractivity (Wildman–Crippen MR) is 104 cm³/mol. The van der Waals surface area contributed by atoms with Crippen LogP contribution in [0.1, 0.15) is 36.2 Å². The van der Waals surface area contributed by atoms with Crippen LogP contribution in [0, 0.1) is 6.92 Å². The molecule has 0 atom stereocenters. The summed E-state index contributed by atoms with van der Waals surface area (Å²) >= 11 is 0. The van der Waals surface area contributed by atoms with Crippen LogP contribution in [0.4, 0.5) is 20.5 Å². The molecule has 0 N–H and O–H groups in total. The Kier molecular flexibility index (Phi) is 5.43. The summed E-state index contributed by atoms with van der Waals surface area (Å²) in [4.78, 5) is 16.1. The van der Waals surface area contributed by atoms with E-state index in [2.05, 4.69) is 24.8 Å². The van der Waals surface area contributed by atoms with Crippen molar-refractivity contribution in [2.24, 2.45) is 7.05 Å². The molecule has 4 heterocycles. The van der Waals surface area contributed by atoms with E-state index in [4.69, 9.17) is 4.98 Å². The van der Waals surface area contributed by atoms with Gasteiger partial charge in [0.1, 0.15) is 11.5 Å². The number of rotatable bonds is 5. The Bertz CT molecular complexity index is 809. The summed E-state index contributed by atoms with van der Waals surface area (Å²) in [6.07, 6.45) is 1.55. The van der Waals surface area contributed by atoms with Crippen LogP contribution < -0.4 is 9.80 Å². The quantitative estimate of drug-likeness (QED) is 0.780. The van der Waals surface area contributed by atoms with Gasteiger partial charge in [-0.3, -0.25) is 9.58 Å². The average Bonchev–Trinajstić information content (AvgIpc) is 3.32. The van der Waals surface area contributed by atoms with Crippen molar-refractivity contribution in [3.8, 4) is 0 Å². The first-order valence-corrected chi connectivity index (χ1v) is 9.88. The van der Waals surface area contributed by atoms with E-state index in [0.717, 1.165) is 56.7 Å². The monoisotopic (exact) mass is 391 g/mol. The van der Waals surface area contributed by atoms with Crippen molar-refractivity contribution in [1.29, 1.82) is 0 Å². The van der Waals surface area contributed by atoms with Gasteiger partial charge < -0.3 is 9.80 Å². The third-order valence-electron chi connectivity index (χ3n) is 5.45. The second kappa shape index (κ2) is 7.98. The second-order valence-electron chi connectivity index (χ2n) is 7.64. The fraction of sp³-hybridized carbons (Fsp3) is 0.632. The Morgan fingerprint density at radius 2 is 1.71 bits per heavy atom. The van der Waals surface area contributed by atoms with Crippen LogP contribution in [0.15, 0.2) is 12.3 Å². The molecule has 7 nitrogen and oxygen atoms in total. The lowest BCUT2D eigenvalue weighted by molar-refractivity contribution is 0.142. The Balaban J connectivity index is 1.40. The Hall–Kier alpha value is -2.29. The predicted octanol–water partition coefficient (Wildman–Crippen LogP) is 2.38. The molecule has 2 aliphatic rings. The number of hydrogen-bond donors (Lipinski definition) is 0. The van der Waals surface area contributed by atoms with Gasteiger partial charge in [-0.25, -0.2) is 13.8 Å². The fourth-order valence-electron chi connectivity index (χ4n) is 3.99. The highest BCUT2D eigenvalue weighted by Crippen LogP contribution is 2.24. The molecule has 0 saturated carbocycles. The number of anilines is 2. The minimum absolute atomic E-state index is 0.105. The van der Waals surface area contributed by atoms with E-state index in [0.29, 0.717) is 12.1 Å². The van der Waals surface area contributed by atoms with Gasteiger partial charge in [0, 0.05) is 76.4 Å². The highest BCUT2D eigenvalue weighted by Gasteiger charge is 2.24. The van der Waals surface area contributed by atoms with E-state index in [9.17, 15) is 8.78 Å². The molecule has 28 heavy (non-hydrogen) atoms. The molecule has 2 aliphatic heterocycles. The van der Waals surface area contributed by atoms with Crippen LogP contribution in [0.2, 0.25) is 0 Å². The van der Waals surface area contributed by atoms with Gasteiger partial charge >= 0.3 is 0 Å². The number of halogens is 2. The molecule has 152 valence electrons. The number of piperazine rings is 1. The zero-order chi connectivity index (χ0) is 19.7. The van der Waals surface area contributed by atoms with Gasteiger partial charge in [0.2, 0.25) is 5.95 Å². The molecule has 0 amide bonds. The van der Waals surface area contributed by atoms with E-state index in [1.165, 1.54) is 17.5 Å². The van der Waals surface area contributed by atoms with Crippen molar-refractivity contribution in [3.05, 3.63) is 29.2 Å². The third-order valence-corrected chi connectivity index (χ3v) is 5.45. The van der Waals surface area contributed by atoms with Gasteiger partial charge in [0.15, 0.2) is 0 Å². The summed E-state index contributed by atoms with van der Waals surface area (Å²) in [6, 6.07) is 2.03. The Labute approximate surface area is 164 Å². The molecule has 4 rings (SSSR count). The van der Waals surface area contributed by atoms with Crippen molar-refractivity contribution in [2.75, 3.05) is 49.1 Å². The number of hydrogen-bond acceptors (Lipinski definition) is 6. The molecule has 0 aromatic carbocycles. The lowest BCUT2D eigenvalue weighted by Crippen LogP contribution is -2.46. The first-order chi connectivity index (χ1) is 13.5. The molecule has 2 aromatic rings. The van der Waals surface area contributed by atoms with Gasteiger partial charge in [0.05, 0.1) is 0 Å². The SMILES string of the molecule is Cc1cc(N2CCN(Cc3cn(C)nc3C(F)F)CC2)nc(N2CCCC2)n1. The molecule has 0 aliphatic carbocycles. The van der Waals surface area contributed by atoms with Gasteiger partial charge in [-0.1, -0.05) is 0 Å². The van der Waals surface area contributed by atoms with E-state index < -0.39 is 6.43 Å². The minimum Gasteiger partial charge on any atom is -0.354 e. The molecular weight excluding hydrogens is 364 g/mol. The van der Waals surface area contributed by atoms with Crippen LogP contribution >= 0.6 is 0 Å². The van der Waals surface area contributed by atoms with Gasteiger partial charge in [-0.15, -0.1) is 0 Å². The summed E-state index contributed by atoms with van der Waals surface area (Å²) in [7, 11) is 1.68. The van der Waals surface area contributed by atoms with Crippen LogP contribution in [0.3, 0.4) is 0 Å². The van der Waals surface area contributed by atoms with Crippen molar-refractivity contribution >= 4 is 11.8 Å². The summed E-state index contributed by atoms with van der Waals surface area (Å²) < 4.78 is 27.8. The standard InChI is InChI=1S/C19H27F2N7/c1-14-11-16(23-19(22-14)28-5-3-4-6-28)27-9-7-26(8-10-27)13-15-12-25(2)24-17(15)18(20)21/h11-12,18H,3-10,13H2,1-2H3. The normalized spacial score (nSPS) is 18.5. The third kappa shape index (κ3) is 4.09. The van der Waals surface area contributed by atoms with E-state index in [1.807, 2.05) is 13.0 Å². The first-order valence-electron chi connectivity index (χ1n) is 9.88. The van der Waals surface area contributed by atoms with E-state index in [1.54, 1.807) is 13.2 Å². The maximum Gasteiger partial charge on any atom is 0.282 e. The van der Waals surface area contributed by atoms with Crippen LogP contribution in [0.25, 0.3) is 0 Å². The van der Waals surface area contributed by atoms with Crippen molar-refractivity contribution in [1.82, 2.24) is 24.6 Å². The van der Waals surface area contributed by atoms with Crippen molar-refractivity contribution in [2.45, 2.75) is 32.7 Å². The Morgan fingerprint density at radius 1 is 1.00 bits per heavy atom. The highest BCUT2D eigenvalue weighted by molar-refractivity contribution is 5.46. The molecular formula is C19H27F2N7. The van der Waals surface area contributed by atoms with Gasteiger partial charge in [0.25, 0.3) is 6.43 Å². The smallest absolute Gasteiger partial charge is 0.282 e. The molecule has 2 saturated heterocycles. The highest BCUT2D eigenvalue weighted by atomic mass is 19.3. The lowest BCUT2D eigenvalue weighted by Gasteiger charge is -2.35. The largest absolute Gasteiger partial charge is 0.354 e. The van der Waals surface area contributed by atoms with Crippen LogP contribution in [-0.2, 0) is 13.6 Å². The fourth-order valence-corrected chi connectivity index (χ4v) is 3.99. The number of nitrogens with zero attached hydrogens (tertiary/aromatic N) is 7. The number of alkyl halides is 2. The van der Waals surface area contributed by atoms with Crippen molar-refractivity contribution < 1.29 is 8.78 Å². The lowest BCUT2D eigenvalue weighted by atomic mass is 10.2. The molecule has 0 spiro atoms. The molecule has 0 unspecified atom stereocenters. The van der Waals surface area contributed by atoms with E-state index in [-0.39, 0.29) is 5.69 Å². The number of aromatic nitrogens is 4. The molecule has 0 radical (unpaired) electrons. The molecule has 0 bridgehead atoms. The second-order valence-corrected chi connectivity index (χ2v) is 7.64. The maximum absolute atomic E-state index is 13.2. The summed E-state index contributed by atoms with van der Waals surface area (Å²) in [5.41, 5.74) is 1.48. The zero-order valence-electron chi connectivity index (χ0n) is 16.5.